The summed E-state index contributed by atoms with van der Waals surface area (Å²) in [7, 11) is 0. The van der Waals surface area contributed by atoms with Crippen LogP contribution < -0.4 is 4.74 Å². The van der Waals surface area contributed by atoms with E-state index in [2.05, 4.69) is 11.7 Å². The Kier molecular flexibility index (Phi) is 7.92. The first-order valence-electron chi connectivity index (χ1n) is 9.75. The summed E-state index contributed by atoms with van der Waals surface area (Å²) < 4.78 is 66.9. The fourth-order valence-electron chi connectivity index (χ4n) is 3.51. The Bertz CT molecular complexity index is 545. The summed E-state index contributed by atoms with van der Waals surface area (Å²) in [5.74, 6) is -2.73. The molecule has 0 amide bonds. The van der Waals surface area contributed by atoms with Crippen LogP contribution in [0.3, 0.4) is 0 Å². The zero-order valence-electron chi connectivity index (χ0n) is 15.8. The van der Waals surface area contributed by atoms with Crippen LogP contribution >= 0.6 is 0 Å². The molecule has 1 aromatic carbocycles. The van der Waals surface area contributed by atoms with Crippen LogP contribution in [0, 0.1) is 11.8 Å². The lowest BCUT2D eigenvalue weighted by molar-refractivity contribution is -0.290. The number of unbranched alkanes of at least 4 members (excludes halogenated alkanes) is 3. The van der Waals surface area contributed by atoms with Gasteiger partial charge in [0.1, 0.15) is 5.75 Å². The molecule has 153 valence electrons. The molecule has 0 aromatic heterocycles. The first-order chi connectivity index (χ1) is 12.7. The molecule has 0 N–H and O–H groups in total. The van der Waals surface area contributed by atoms with Crippen LogP contribution in [0.2, 0.25) is 0 Å². The lowest BCUT2D eigenvalue weighted by Crippen LogP contribution is -2.41. The van der Waals surface area contributed by atoms with Gasteiger partial charge in [-0.25, -0.2) is 0 Å². The molecule has 0 saturated heterocycles. The molecule has 1 aliphatic carbocycles. The molecule has 1 aliphatic rings. The molecule has 1 fully saturated rings. The molecule has 0 atom stereocenters. The summed E-state index contributed by atoms with van der Waals surface area (Å²) in [6, 6.07) is 6.42. The van der Waals surface area contributed by atoms with E-state index >= 15 is 0 Å². The predicted molar refractivity (Wildman–Crippen MR) is 96.0 cm³/mol. The Morgan fingerprint density at radius 3 is 2.11 bits per heavy atom. The monoisotopic (exact) mass is 391 g/mol. The second kappa shape index (κ2) is 9.74. The molecule has 0 aliphatic heterocycles. The highest BCUT2D eigenvalue weighted by Crippen LogP contribution is 2.38. The summed E-state index contributed by atoms with van der Waals surface area (Å²) in [4.78, 5) is 0. The fraction of sp³-hybridized carbons (Fsp3) is 0.667. The molecule has 1 radical (unpaired) electrons. The number of alkyl halides is 5. The highest BCUT2D eigenvalue weighted by atomic mass is 19.4. The van der Waals surface area contributed by atoms with Crippen LogP contribution in [-0.4, -0.2) is 18.7 Å². The second-order valence-electron chi connectivity index (χ2n) is 7.41. The maximum Gasteiger partial charge on any atom is 0.456 e. The highest BCUT2D eigenvalue weighted by molar-refractivity contribution is 5.36. The van der Waals surface area contributed by atoms with E-state index in [1.165, 1.54) is 50.2 Å². The number of hydrogen-bond donors (Lipinski definition) is 0. The van der Waals surface area contributed by atoms with Crippen molar-refractivity contribution in [2.75, 3.05) is 6.61 Å². The molecule has 1 nitrogen and oxygen atoms in total. The van der Waals surface area contributed by atoms with E-state index in [0.717, 1.165) is 37.2 Å². The van der Waals surface area contributed by atoms with Gasteiger partial charge in [0.2, 0.25) is 0 Å². The minimum Gasteiger partial charge on any atom is -0.487 e. The van der Waals surface area contributed by atoms with Gasteiger partial charge < -0.3 is 4.74 Å². The van der Waals surface area contributed by atoms with Gasteiger partial charge in [-0.05, 0) is 49.3 Å². The summed E-state index contributed by atoms with van der Waals surface area (Å²) >= 11 is 0. The van der Waals surface area contributed by atoms with Crippen LogP contribution in [0.25, 0.3) is 0 Å². The molecule has 0 unspecified atom stereocenters. The van der Waals surface area contributed by atoms with Crippen molar-refractivity contribution in [1.82, 2.24) is 0 Å². The standard InChI is InChI=1S/C21H28F5O/c1-2-3-4-5-6-16-7-9-17(10-8-16)18-11-13-19(14-12-18)27-15-20(22,23)21(24,25)26/h11-14,16H,2-10,15H2,1H3. The SMILES string of the molecule is CCCCCCC1CC[C](c2ccc(OCC(F)(F)C(F)(F)F)cc2)CC1. The summed E-state index contributed by atoms with van der Waals surface area (Å²) in [6.07, 6.45) is 5.19. The normalized spacial score (nSPS) is 17.3. The average molecular weight is 391 g/mol. The predicted octanol–water partition coefficient (Wildman–Crippen LogP) is 7.35. The summed E-state index contributed by atoms with van der Waals surface area (Å²) in [6.45, 7) is 0.506. The van der Waals surface area contributed by atoms with E-state index in [1.54, 1.807) is 12.1 Å². The quantitative estimate of drug-likeness (QED) is 0.316. The molecule has 2 rings (SSSR count). The first kappa shape index (κ1) is 22.0. The molecule has 27 heavy (non-hydrogen) atoms. The van der Waals surface area contributed by atoms with Gasteiger partial charge in [0.25, 0.3) is 0 Å². The van der Waals surface area contributed by atoms with Gasteiger partial charge in [0, 0.05) is 5.92 Å². The van der Waals surface area contributed by atoms with Crippen molar-refractivity contribution < 1.29 is 26.7 Å². The Hall–Kier alpha value is -1.33. The van der Waals surface area contributed by atoms with Gasteiger partial charge in [-0.3, -0.25) is 0 Å². The van der Waals surface area contributed by atoms with Crippen LogP contribution in [0.15, 0.2) is 24.3 Å². The Balaban J connectivity index is 1.77. The minimum absolute atomic E-state index is 0.0212. The third-order valence-corrected chi connectivity index (χ3v) is 5.27. The average Bonchev–Trinajstić information content (AvgIpc) is 2.64. The van der Waals surface area contributed by atoms with E-state index in [4.69, 9.17) is 0 Å². The van der Waals surface area contributed by atoms with Crippen molar-refractivity contribution in [2.45, 2.75) is 76.8 Å². The van der Waals surface area contributed by atoms with E-state index < -0.39 is 18.7 Å². The second-order valence-corrected chi connectivity index (χ2v) is 7.41. The number of halogens is 5. The zero-order chi connectivity index (χ0) is 19.9. The van der Waals surface area contributed by atoms with Crippen LogP contribution in [0.1, 0.15) is 70.3 Å². The molecule has 0 bridgehead atoms. The third-order valence-electron chi connectivity index (χ3n) is 5.27. The van der Waals surface area contributed by atoms with E-state index in [-0.39, 0.29) is 5.75 Å². The molecule has 6 heteroatoms. The van der Waals surface area contributed by atoms with Crippen molar-refractivity contribution in [3.63, 3.8) is 0 Å². The molecule has 0 heterocycles. The van der Waals surface area contributed by atoms with Crippen molar-refractivity contribution in [2.24, 2.45) is 5.92 Å². The molecule has 1 saturated carbocycles. The Labute approximate surface area is 158 Å². The van der Waals surface area contributed by atoms with Crippen molar-refractivity contribution in [1.29, 1.82) is 0 Å². The van der Waals surface area contributed by atoms with E-state index in [9.17, 15) is 22.0 Å². The number of rotatable bonds is 9. The molecule has 0 spiro atoms. The Morgan fingerprint density at radius 1 is 0.926 bits per heavy atom. The number of hydrogen-bond acceptors (Lipinski definition) is 1. The zero-order valence-corrected chi connectivity index (χ0v) is 15.8. The van der Waals surface area contributed by atoms with E-state index in [0.29, 0.717) is 0 Å². The van der Waals surface area contributed by atoms with E-state index in [1.807, 2.05) is 0 Å². The van der Waals surface area contributed by atoms with Gasteiger partial charge in [-0.2, -0.15) is 22.0 Å². The van der Waals surface area contributed by atoms with Crippen LogP contribution in [0.5, 0.6) is 5.75 Å². The molecule has 1 aromatic rings. The van der Waals surface area contributed by atoms with Gasteiger partial charge in [0.15, 0.2) is 6.61 Å². The largest absolute Gasteiger partial charge is 0.487 e. The topological polar surface area (TPSA) is 9.23 Å². The first-order valence-corrected chi connectivity index (χ1v) is 9.75. The highest BCUT2D eigenvalue weighted by Gasteiger charge is 2.58. The van der Waals surface area contributed by atoms with Gasteiger partial charge >= 0.3 is 12.1 Å². The van der Waals surface area contributed by atoms with Crippen molar-refractivity contribution >= 4 is 0 Å². The molecular formula is C21H28F5O. The third kappa shape index (κ3) is 6.65. The van der Waals surface area contributed by atoms with Gasteiger partial charge in [0.05, 0.1) is 0 Å². The smallest absolute Gasteiger partial charge is 0.456 e. The minimum atomic E-state index is -5.60. The van der Waals surface area contributed by atoms with Gasteiger partial charge in [-0.15, -0.1) is 0 Å². The fourth-order valence-corrected chi connectivity index (χ4v) is 3.51. The lowest BCUT2D eigenvalue weighted by Gasteiger charge is -2.28. The van der Waals surface area contributed by atoms with Crippen molar-refractivity contribution in [3.05, 3.63) is 35.7 Å². The Morgan fingerprint density at radius 2 is 1.56 bits per heavy atom. The lowest BCUT2D eigenvalue weighted by atomic mass is 9.77. The number of ether oxygens (including phenoxy) is 1. The summed E-state index contributed by atoms with van der Waals surface area (Å²) in [5.41, 5.74) is 1.02. The summed E-state index contributed by atoms with van der Waals surface area (Å²) in [5, 5.41) is 0. The van der Waals surface area contributed by atoms with Crippen LogP contribution in [-0.2, 0) is 0 Å². The maximum absolute atomic E-state index is 12.9. The van der Waals surface area contributed by atoms with Gasteiger partial charge in [-0.1, -0.05) is 51.2 Å². The van der Waals surface area contributed by atoms with Crippen molar-refractivity contribution in [3.8, 4) is 5.75 Å². The molecular weight excluding hydrogens is 363 g/mol. The number of benzene rings is 1. The van der Waals surface area contributed by atoms with Crippen LogP contribution in [0.4, 0.5) is 22.0 Å². The maximum atomic E-state index is 12.9.